The molecule has 0 bridgehead atoms. The number of nitrogens with zero attached hydrogens (tertiary/aromatic N) is 1. The average molecular weight is 284 g/mol. The van der Waals surface area contributed by atoms with Gasteiger partial charge in [-0.25, -0.2) is 0 Å². The van der Waals surface area contributed by atoms with Crippen molar-refractivity contribution >= 4 is 0 Å². The molecule has 0 saturated carbocycles. The molecule has 0 aliphatic carbocycles. The van der Waals surface area contributed by atoms with Crippen LogP contribution in [-0.4, -0.2) is 30.1 Å². The van der Waals surface area contributed by atoms with Crippen LogP contribution in [0.3, 0.4) is 0 Å². The van der Waals surface area contributed by atoms with E-state index >= 15 is 0 Å². The summed E-state index contributed by atoms with van der Waals surface area (Å²) in [7, 11) is 0. The lowest BCUT2D eigenvalue weighted by Crippen LogP contribution is -2.54. The normalized spacial score (nSPS) is 24.9. The zero-order valence-electron chi connectivity index (χ0n) is 12.8. The van der Waals surface area contributed by atoms with E-state index in [0.717, 1.165) is 25.3 Å². The summed E-state index contributed by atoms with van der Waals surface area (Å²) in [4.78, 5) is 2.59. The number of hydrogen-bond donors (Lipinski definition) is 1. The Bertz CT molecular complexity index is 538. The second-order valence-electron chi connectivity index (χ2n) is 6.05. The van der Waals surface area contributed by atoms with E-state index in [4.69, 9.17) is 4.42 Å². The van der Waals surface area contributed by atoms with Gasteiger partial charge in [-0.3, -0.25) is 4.90 Å². The lowest BCUT2D eigenvalue weighted by atomic mass is 9.99. The Morgan fingerprint density at radius 3 is 2.76 bits per heavy atom. The van der Waals surface area contributed by atoms with Crippen molar-refractivity contribution in [3.05, 3.63) is 60.1 Å². The first-order valence-corrected chi connectivity index (χ1v) is 7.80. The van der Waals surface area contributed by atoms with E-state index in [1.807, 2.05) is 6.07 Å². The minimum Gasteiger partial charge on any atom is -0.469 e. The fourth-order valence-electron chi connectivity index (χ4n) is 3.25. The lowest BCUT2D eigenvalue weighted by Gasteiger charge is -2.42. The SMILES string of the molecule is CC1CNC(c2ccccc2)CN1C(C)Cc1ccco1. The number of nitrogens with one attached hydrogen (secondary N) is 1. The summed E-state index contributed by atoms with van der Waals surface area (Å²) in [5.41, 5.74) is 1.37. The van der Waals surface area contributed by atoms with Gasteiger partial charge in [0.2, 0.25) is 0 Å². The maximum absolute atomic E-state index is 5.50. The third-order valence-electron chi connectivity index (χ3n) is 4.46. The molecule has 0 radical (unpaired) electrons. The molecule has 0 amide bonds. The third-order valence-corrected chi connectivity index (χ3v) is 4.46. The molecule has 3 rings (SSSR count). The fraction of sp³-hybridized carbons (Fsp3) is 0.444. The van der Waals surface area contributed by atoms with E-state index < -0.39 is 0 Å². The summed E-state index contributed by atoms with van der Waals surface area (Å²) < 4.78 is 5.50. The zero-order valence-corrected chi connectivity index (χ0v) is 12.8. The molecule has 3 unspecified atom stereocenters. The molecular formula is C18H24N2O. The highest BCUT2D eigenvalue weighted by molar-refractivity contribution is 5.20. The molecule has 21 heavy (non-hydrogen) atoms. The van der Waals surface area contributed by atoms with Gasteiger partial charge in [0.15, 0.2) is 0 Å². The molecule has 2 heterocycles. The molecule has 3 nitrogen and oxygen atoms in total. The van der Waals surface area contributed by atoms with Crippen LogP contribution in [0.1, 0.15) is 31.2 Å². The summed E-state index contributed by atoms with van der Waals surface area (Å²) in [6, 6.07) is 16.2. The van der Waals surface area contributed by atoms with E-state index in [2.05, 4.69) is 60.5 Å². The summed E-state index contributed by atoms with van der Waals surface area (Å²) >= 11 is 0. The molecule has 1 aromatic carbocycles. The molecule has 1 aromatic heterocycles. The largest absolute Gasteiger partial charge is 0.469 e. The predicted molar refractivity (Wildman–Crippen MR) is 85.2 cm³/mol. The van der Waals surface area contributed by atoms with Crippen LogP contribution in [-0.2, 0) is 6.42 Å². The second kappa shape index (κ2) is 6.46. The maximum Gasteiger partial charge on any atom is 0.105 e. The van der Waals surface area contributed by atoms with Gasteiger partial charge in [0, 0.05) is 37.6 Å². The van der Waals surface area contributed by atoms with Crippen LogP contribution in [0.5, 0.6) is 0 Å². The van der Waals surface area contributed by atoms with Crippen LogP contribution < -0.4 is 5.32 Å². The van der Waals surface area contributed by atoms with Crippen molar-refractivity contribution in [1.82, 2.24) is 10.2 Å². The maximum atomic E-state index is 5.50. The Labute approximate surface area is 127 Å². The highest BCUT2D eigenvalue weighted by Crippen LogP contribution is 2.23. The minimum atomic E-state index is 0.418. The molecule has 3 atom stereocenters. The number of hydrogen-bond acceptors (Lipinski definition) is 3. The van der Waals surface area contributed by atoms with Crippen LogP contribution in [0.2, 0.25) is 0 Å². The molecule has 1 saturated heterocycles. The van der Waals surface area contributed by atoms with Crippen molar-refractivity contribution in [1.29, 1.82) is 0 Å². The molecule has 1 N–H and O–H groups in total. The van der Waals surface area contributed by atoms with Crippen molar-refractivity contribution in [3.8, 4) is 0 Å². The van der Waals surface area contributed by atoms with Gasteiger partial charge in [0.1, 0.15) is 5.76 Å². The smallest absolute Gasteiger partial charge is 0.105 e. The van der Waals surface area contributed by atoms with E-state index in [9.17, 15) is 0 Å². The van der Waals surface area contributed by atoms with Gasteiger partial charge < -0.3 is 9.73 Å². The summed E-state index contributed by atoms with van der Waals surface area (Å²) in [6.07, 6.45) is 2.73. The van der Waals surface area contributed by atoms with Crippen molar-refractivity contribution < 1.29 is 4.42 Å². The van der Waals surface area contributed by atoms with Crippen LogP contribution >= 0.6 is 0 Å². The van der Waals surface area contributed by atoms with Crippen molar-refractivity contribution in [2.24, 2.45) is 0 Å². The number of rotatable bonds is 4. The monoisotopic (exact) mass is 284 g/mol. The van der Waals surface area contributed by atoms with Gasteiger partial charge in [-0.2, -0.15) is 0 Å². The molecule has 0 spiro atoms. The fourth-order valence-corrected chi connectivity index (χ4v) is 3.25. The predicted octanol–water partition coefficient (Wildman–Crippen LogP) is 3.25. The first-order chi connectivity index (χ1) is 10.2. The highest BCUT2D eigenvalue weighted by atomic mass is 16.3. The lowest BCUT2D eigenvalue weighted by molar-refractivity contribution is 0.0959. The molecule has 2 aromatic rings. The van der Waals surface area contributed by atoms with Crippen LogP contribution in [0, 0.1) is 0 Å². The van der Waals surface area contributed by atoms with Crippen LogP contribution in [0.4, 0.5) is 0 Å². The number of piperazine rings is 1. The summed E-state index contributed by atoms with van der Waals surface area (Å²) in [5, 5.41) is 3.66. The molecule has 1 aliphatic heterocycles. The quantitative estimate of drug-likeness (QED) is 0.934. The van der Waals surface area contributed by atoms with Crippen molar-refractivity contribution in [3.63, 3.8) is 0 Å². The van der Waals surface area contributed by atoms with Crippen molar-refractivity contribution in [2.75, 3.05) is 13.1 Å². The second-order valence-corrected chi connectivity index (χ2v) is 6.05. The van der Waals surface area contributed by atoms with Gasteiger partial charge in [-0.1, -0.05) is 30.3 Å². The Kier molecular flexibility index (Phi) is 4.42. The van der Waals surface area contributed by atoms with Crippen LogP contribution in [0.25, 0.3) is 0 Å². The van der Waals surface area contributed by atoms with Crippen LogP contribution in [0.15, 0.2) is 53.1 Å². The van der Waals surface area contributed by atoms with Crippen molar-refractivity contribution in [2.45, 2.75) is 38.4 Å². The Morgan fingerprint density at radius 2 is 2.05 bits per heavy atom. The Hall–Kier alpha value is -1.58. The first kappa shape index (κ1) is 14.4. The van der Waals surface area contributed by atoms with Gasteiger partial charge in [-0.15, -0.1) is 0 Å². The molecule has 1 fully saturated rings. The van der Waals surface area contributed by atoms with Gasteiger partial charge in [0.05, 0.1) is 6.26 Å². The molecular weight excluding hydrogens is 260 g/mol. The summed E-state index contributed by atoms with van der Waals surface area (Å²) in [6.45, 7) is 6.67. The van der Waals surface area contributed by atoms with E-state index in [1.54, 1.807) is 6.26 Å². The Balaban J connectivity index is 1.68. The van der Waals surface area contributed by atoms with Gasteiger partial charge in [0.25, 0.3) is 0 Å². The van der Waals surface area contributed by atoms with E-state index in [0.29, 0.717) is 18.1 Å². The van der Waals surface area contributed by atoms with E-state index in [-0.39, 0.29) is 0 Å². The highest BCUT2D eigenvalue weighted by Gasteiger charge is 2.29. The topological polar surface area (TPSA) is 28.4 Å². The Morgan fingerprint density at radius 1 is 1.24 bits per heavy atom. The molecule has 3 heteroatoms. The number of benzene rings is 1. The summed E-state index contributed by atoms with van der Waals surface area (Å²) in [5.74, 6) is 1.07. The standard InChI is InChI=1S/C18H24N2O/c1-14(11-17-9-6-10-21-17)20-13-18(19-12-15(20)2)16-7-4-3-5-8-16/h3-10,14-15,18-19H,11-13H2,1-2H3. The molecule has 112 valence electrons. The average Bonchev–Trinajstić information content (AvgIpc) is 3.01. The van der Waals surface area contributed by atoms with E-state index in [1.165, 1.54) is 5.56 Å². The van der Waals surface area contributed by atoms with Gasteiger partial charge >= 0.3 is 0 Å². The van der Waals surface area contributed by atoms with Gasteiger partial charge in [-0.05, 0) is 31.5 Å². The zero-order chi connectivity index (χ0) is 14.7. The first-order valence-electron chi connectivity index (χ1n) is 7.80. The third kappa shape index (κ3) is 3.36. The number of furan rings is 1. The molecule has 1 aliphatic rings. The minimum absolute atomic E-state index is 0.418.